The van der Waals surface area contributed by atoms with Crippen LogP contribution in [0.4, 0.5) is 0 Å². The number of allylic oxidation sites excluding steroid dienone is 8. The summed E-state index contributed by atoms with van der Waals surface area (Å²) in [6.07, 6.45) is 49.0. The molecule has 56 heavy (non-hydrogen) atoms. The molecule has 0 fully saturated rings. The second-order valence-electron chi connectivity index (χ2n) is 15.0. The second-order valence-corrected chi connectivity index (χ2v) is 16.5. The maximum absolute atomic E-state index is 12.1. The summed E-state index contributed by atoms with van der Waals surface area (Å²) >= 11 is 0. The Bertz CT molecular complexity index is 1060. The van der Waals surface area contributed by atoms with Crippen molar-refractivity contribution in [2.75, 3.05) is 26.4 Å². The van der Waals surface area contributed by atoms with Gasteiger partial charge in [0.05, 0.1) is 13.2 Å². The Morgan fingerprint density at radius 1 is 0.554 bits per heavy atom. The number of esters is 1. The molecule has 0 aliphatic heterocycles. The van der Waals surface area contributed by atoms with E-state index in [0.717, 1.165) is 64.2 Å². The van der Waals surface area contributed by atoms with Crippen molar-refractivity contribution < 1.29 is 37.9 Å². The number of carbonyl (C=O) groups is 2. The molecule has 10 heteroatoms. The van der Waals surface area contributed by atoms with E-state index in [1.54, 1.807) is 0 Å². The van der Waals surface area contributed by atoms with Crippen molar-refractivity contribution in [3.05, 3.63) is 48.6 Å². The number of phosphoric ester groups is 1. The van der Waals surface area contributed by atoms with Crippen LogP contribution in [0.25, 0.3) is 0 Å². The average molecular weight is 810 g/mol. The molecule has 2 atom stereocenters. The Morgan fingerprint density at radius 2 is 0.964 bits per heavy atom. The van der Waals surface area contributed by atoms with Crippen molar-refractivity contribution in [1.29, 1.82) is 0 Å². The van der Waals surface area contributed by atoms with Gasteiger partial charge in [-0.1, -0.05) is 178 Å². The number of carbonyl (C=O) groups excluding carboxylic acids is 2. The summed E-state index contributed by atoms with van der Waals surface area (Å²) in [5.74, 6) is -0.526. The molecular formula is C46H84NO8P. The molecule has 3 N–H and O–H groups in total. The van der Waals surface area contributed by atoms with E-state index >= 15 is 0 Å². The number of hydrogen-bond acceptors (Lipinski definition) is 7. The topological polar surface area (TPSA) is 131 Å². The molecule has 0 aromatic heterocycles. The van der Waals surface area contributed by atoms with Crippen LogP contribution in [0.3, 0.4) is 0 Å². The van der Waals surface area contributed by atoms with Gasteiger partial charge in [0, 0.05) is 19.4 Å². The lowest BCUT2D eigenvalue weighted by atomic mass is 10.0. The normalized spacial score (nSPS) is 13.7. The van der Waals surface area contributed by atoms with Crippen LogP contribution in [0.5, 0.6) is 0 Å². The first-order chi connectivity index (χ1) is 27.3. The molecule has 9 nitrogen and oxygen atoms in total. The van der Waals surface area contributed by atoms with Crippen LogP contribution in [0, 0.1) is 0 Å². The smallest absolute Gasteiger partial charge is 0.463 e. The summed E-state index contributed by atoms with van der Waals surface area (Å²) in [6, 6.07) is 0. The van der Waals surface area contributed by atoms with E-state index in [1.165, 1.54) is 109 Å². The van der Waals surface area contributed by atoms with E-state index in [-0.39, 0.29) is 32.1 Å². The Balaban J connectivity index is 3.61. The first-order valence-corrected chi connectivity index (χ1v) is 24.1. The highest BCUT2D eigenvalue weighted by Crippen LogP contribution is 2.42. The summed E-state index contributed by atoms with van der Waals surface area (Å²) in [4.78, 5) is 33.9. The lowest BCUT2D eigenvalue weighted by Crippen LogP contribution is -2.27. The summed E-state index contributed by atoms with van der Waals surface area (Å²) in [5.41, 5.74) is 0. The van der Waals surface area contributed by atoms with Gasteiger partial charge in [-0.15, -0.1) is 0 Å². The molecule has 0 radical (unpaired) electrons. The summed E-state index contributed by atoms with van der Waals surface area (Å²) < 4.78 is 26.9. The average Bonchev–Trinajstić information content (AvgIpc) is 3.18. The lowest BCUT2D eigenvalue weighted by molar-refractivity contribution is -0.147. The Labute approximate surface area is 343 Å². The number of aliphatic hydroxyl groups is 1. The Hall–Kier alpha value is -2.03. The van der Waals surface area contributed by atoms with Crippen LogP contribution in [0.1, 0.15) is 200 Å². The Kier molecular flexibility index (Phi) is 41.0. The third kappa shape index (κ3) is 43.1. The zero-order valence-electron chi connectivity index (χ0n) is 35.8. The minimum atomic E-state index is -4.42. The van der Waals surface area contributed by atoms with Crippen molar-refractivity contribution in [3.63, 3.8) is 0 Å². The number of rotatable bonds is 42. The molecule has 0 aliphatic carbocycles. The maximum atomic E-state index is 12.1. The van der Waals surface area contributed by atoms with Gasteiger partial charge >= 0.3 is 13.8 Å². The van der Waals surface area contributed by atoms with Gasteiger partial charge < -0.3 is 20.1 Å². The standard InChI is InChI=1S/C46H84NO8P/c1-3-5-7-9-11-13-15-17-18-19-20-21-22-23-24-25-26-27-28-30-32-34-36-38-45(49)47-40-41-54-56(51,52)55-43-44(48)42-53-46(50)39-37-35-33-31-29-16-14-12-10-8-6-4-2/h11,13,17-18,20-21,23-24,44,48H,3-10,12,14-16,19,22,25-43H2,1-2H3,(H,47,49)(H,51,52)/b13-11-,18-17-,21-20-,24-23-. The van der Waals surface area contributed by atoms with Gasteiger partial charge in [0.15, 0.2) is 0 Å². The Morgan fingerprint density at radius 3 is 1.48 bits per heavy atom. The van der Waals surface area contributed by atoms with E-state index in [1.807, 2.05) is 0 Å². The van der Waals surface area contributed by atoms with E-state index in [0.29, 0.717) is 6.42 Å². The number of amides is 1. The van der Waals surface area contributed by atoms with E-state index < -0.39 is 26.5 Å². The van der Waals surface area contributed by atoms with Gasteiger partial charge in [-0.05, 0) is 57.8 Å². The monoisotopic (exact) mass is 810 g/mol. The van der Waals surface area contributed by atoms with Crippen molar-refractivity contribution in [3.8, 4) is 0 Å². The summed E-state index contributed by atoms with van der Waals surface area (Å²) in [5, 5.41) is 12.7. The van der Waals surface area contributed by atoms with Gasteiger partial charge in [-0.25, -0.2) is 4.57 Å². The lowest BCUT2D eigenvalue weighted by Gasteiger charge is -2.15. The van der Waals surface area contributed by atoms with Crippen LogP contribution in [0.15, 0.2) is 48.6 Å². The molecule has 0 saturated carbocycles. The fraction of sp³-hybridized carbons (Fsp3) is 0.783. The van der Waals surface area contributed by atoms with Crippen LogP contribution >= 0.6 is 7.82 Å². The predicted octanol–water partition coefficient (Wildman–Crippen LogP) is 12.7. The third-order valence-corrected chi connectivity index (χ3v) is 10.5. The zero-order chi connectivity index (χ0) is 41.1. The van der Waals surface area contributed by atoms with Crippen LogP contribution in [-0.2, 0) is 27.9 Å². The first kappa shape index (κ1) is 54.0. The summed E-state index contributed by atoms with van der Waals surface area (Å²) in [6.45, 7) is 3.51. The highest BCUT2D eigenvalue weighted by molar-refractivity contribution is 7.47. The minimum Gasteiger partial charge on any atom is -0.463 e. The third-order valence-electron chi connectivity index (χ3n) is 9.51. The van der Waals surface area contributed by atoms with Crippen LogP contribution in [0.2, 0.25) is 0 Å². The number of phosphoric acid groups is 1. The van der Waals surface area contributed by atoms with E-state index in [2.05, 4.69) is 67.8 Å². The molecule has 0 spiro atoms. The largest absolute Gasteiger partial charge is 0.472 e. The number of nitrogens with one attached hydrogen (secondary N) is 1. The van der Waals surface area contributed by atoms with Gasteiger partial charge in [-0.3, -0.25) is 18.6 Å². The highest BCUT2D eigenvalue weighted by Gasteiger charge is 2.23. The van der Waals surface area contributed by atoms with Crippen molar-refractivity contribution in [1.82, 2.24) is 5.32 Å². The molecule has 0 aromatic rings. The molecule has 0 heterocycles. The SMILES string of the molecule is CCCCC/C=C\C/C=C\C/C=C\C/C=C\CCCCCCCCCC(=O)NCCOP(=O)(O)OCC(O)COC(=O)CCCCCCCCCCCCCC. The number of aliphatic hydroxyl groups excluding tert-OH is 1. The molecule has 326 valence electrons. The van der Waals surface area contributed by atoms with Crippen LogP contribution < -0.4 is 5.32 Å². The van der Waals surface area contributed by atoms with Gasteiger partial charge in [0.1, 0.15) is 12.7 Å². The van der Waals surface area contributed by atoms with Crippen molar-refractivity contribution >= 4 is 19.7 Å². The quantitative estimate of drug-likeness (QED) is 0.0240. The molecule has 0 rings (SSSR count). The van der Waals surface area contributed by atoms with Crippen molar-refractivity contribution in [2.45, 2.75) is 206 Å². The predicted molar refractivity (Wildman–Crippen MR) is 234 cm³/mol. The molecule has 2 unspecified atom stereocenters. The van der Waals surface area contributed by atoms with Gasteiger partial charge in [-0.2, -0.15) is 0 Å². The molecule has 0 aromatic carbocycles. The fourth-order valence-electron chi connectivity index (χ4n) is 6.07. The van der Waals surface area contributed by atoms with E-state index in [9.17, 15) is 24.2 Å². The van der Waals surface area contributed by atoms with Crippen molar-refractivity contribution in [2.24, 2.45) is 0 Å². The zero-order valence-corrected chi connectivity index (χ0v) is 36.7. The maximum Gasteiger partial charge on any atom is 0.472 e. The molecular weight excluding hydrogens is 725 g/mol. The highest BCUT2D eigenvalue weighted by atomic mass is 31.2. The van der Waals surface area contributed by atoms with E-state index in [4.69, 9.17) is 13.8 Å². The first-order valence-electron chi connectivity index (χ1n) is 22.6. The fourth-order valence-corrected chi connectivity index (χ4v) is 6.83. The molecule has 0 aliphatic rings. The molecule has 0 saturated heterocycles. The van der Waals surface area contributed by atoms with Gasteiger partial charge in [0.25, 0.3) is 0 Å². The van der Waals surface area contributed by atoms with Crippen LogP contribution in [-0.4, -0.2) is 54.3 Å². The molecule has 1 amide bonds. The van der Waals surface area contributed by atoms with Gasteiger partial charge in [0.2, 0.25) is 5.91 Å². The minimum absolute atomic E-state index is 0.0749. The molecule has 0 bridgehead atoms. The second kappa shape index (κ2) is 42.6. The number of unbranched alkanes of at least 4 members (excludes halogenated alkanes) is 21. The number of hydrogen-bond donors (Lipinski definition) is 3. The number of ether oxygens (including phenoxy) is 1. The summed E-state index contributed by atoms with van der Waals surface area (Å²) in [7, 11) is -4.42.